The van der Waals surface area contributed by atoms with Crippen LogP contribution in [-0.2, 0) is 9.53 Å². The highest BCUT2D eigenvalue weighted by Gasteiger charge is 2.01. The lowest BCUT2D eigenvalue weighted by atomic mass is 10.1. The van der Waals surface area contributed by atoms with Gasteiger partial charge in [-0.2, -0.15) is 0 Å². The number of methoxy groups -OCH3 is 1. The van der Waals surface area contributed by atoms with Gasteiger partial charge in [0.25, 0.3) is 0 Å². The molecule has 0 aromatic heterocycles. The number of ether oxygens (including phenoxy) is 1. The third-order valence-electron chi connectivity index (χ3n) is 2.32. The van der Waals surface area contributed by atoms with Crippen LogP contribution in [0.25, 0.3) is 0 Å². The molecule has 15 heavy (non-hydrogen) atoms. The fourth-order valence-electron chi connectivity index (χ4n) is 1.08. The summed E-state index contributed by atoms with van der Waals surface area (Å²) in [5.41, 5.74) is 0. The Morgan fingerprint density at radius 3 is 2.80 bits per heavy atom. The van der Waals surface area contributed by atoms with E-state index in [1.807, 2.05) is 0 Å². The lowest BCUT2D eigenvalue weighted by molar-refractivity contribution is -0.120. The van der Waals surface area contributed by atoms with Gasteiger partial charge in [0, 0.05) is 20.3 Å². The minimum Gasteiger partial charge on any atom is -0.385 e. The number of carbonyl (C=O) groups excluding carboxylic acids is 1. The van der Waals surface area contributed by atoms with E-state index in [0.29, 0.717) is 25.6 Å². The Labute approximate surface area is 92.8 Å². The predicted molar refractivity (Wildman–Crippen MR) is 61.8 cm³/mol. The lowest BCUT2D eigenvalue weighted by Gasteiger charge is -2.10. The molecular weight excluding hydrogens is 192 g/mol. The van der Waals surface area contributed by atoms with E-state index in [1.54, 1.807) is 7.11 Å². The van der Waals surface area contributed by atoms with E-state index in [9.17, 15) is 4.79 Å². The van der Waals surface area contributed by atoms with Gasteiger partial charge < -0.3 is 15.4 Å². The molecule has 0 radical (unpaired) electrons. The largest absolute Gasteiger partial charge is 0.385 e. The Bertz CT molecular complexity index is 163. The van der Waals surface area contributed by atoms with Crippen LogP contribution in [0.3, 0.4) is 0 Å². The SMILES string of the molecule is CCC(C)CNCC(=O)NCCCOC. The Morgan fingerprint density at radius 2 is 2.20 bits per heavy atom. The number of hydrogen-bond acceptors (Lipinski definition) is 3. The summed E-state index contributed by atoms with van der Waals surface area (Å²) < 4.78 is 4.88. The van der Waals surface area contributed by atoms with Crippen LogP contribution in [-0.4, -0.2) is 39.3 Å². The molecule has 0 aromatic rings. The molecule has 2 N–H and O–H groups in total. The summed E-state index contributed by atoms with van der Waals surface area (Å²) in [6, 6.07) is 0. The predicted octanol–water partition coefficient (Wildman–Crippen LogP) is 0.775. The standard InChI is InChI=1S/C11H24N2O2/c1-4-10(2)8-12-9-11(14)13-6-5-7-15-3/h10,12H,4-9H2,1-3H3,(H,13,14). The number of hydrogen-bond donors (Lipinski definition) is 2. The van der Waals surface area contributed by atoms with Crippen LogP contribution < -0.4 is 10.6 Å². The fraction of sp³-hybridized carbons (Fsp3) is 0.909. The Hall–Kier alpha value is -0.610. The maximum atomic E-state index is 11.3. The van der Waals surface area contributed by atoms with Gasteiger partial charge >= 0.3 is 0 Å². The summed E-state index contributed by atoms with van der Waals surface area (Å²) in [4.78, 5) is 11.3. The molecular formula is C11H24N2O2. The van der Waals surface area contributed by atoms with Crippen molar-refractivity contribution >= 4 is 5.91 Å². The summed E-state index contributed by atoms with van der Waals surface area (Å²) >= 11 is 0. The van der Waals surface area contributed by atoms with Crippen molar-refractivity contribution in [2.24, 2.45) is 5.92 Å². The van der Waals surface area contributed by atoms with Crippen LogP contribution in [0, 0.1) is 5.92 Å². The smallest absolute Gasteiger partial charge is 0.233 e. The second kappa shape index (κ2) is 9.93. The maximum absolute atomic E-state index is 11.3. The third kappa shape index (κ3) is 9.69. The van der Waals surface area contributed by atoms with Gasteiger partial charge in [-0.05, 0) is 18.9 Å². The van der Waals surface area contributed by atoms with Crippen LogP contribution in [0.5, 0.6) is 0 Å². The average Bonchev–Trinajstić information content (AvgIpc) is 2.24. The highest BCUT2D eigenvalue weighted by atomic mass is 16.5. The van der Waals surface area contributed by atoms with Crippen molar-refractivity contribution in [1.29, 1.82) is 0 Å². The average molecular weight is 216 g/mol. The molecule has 0 saturated carbocycles. The first kappa shape index (κ1) is 14.4. The zero-order valence-electron chi connectivity index (χ0n) is 10.1. The van der Waals surface area contributed by atoms with E-state index < -0.39 is 0 Å². The second-order valence-electron chi connectivity index (χ2n) is 3.84. The Morgan fingerprint density at radius 1 is 1.47 bits per heavy atom. The third-order valence-corrected chi connectivity index (χ3v) is 2.32. The number of nitrogens with one attached hydrogen (secondary N) is 2. The highest BCUT2D eigenvalue weighted by molar-refractivity contribution is 5.77. The van der Waals surface area contributed by atoms with Crippen LogP contribution in [0.1, 0.15) is 26.7 Å². The van der Waals surface area contributed by atoms with Crippen LogP contribution in [0.4, 0.5) is 0 Å². The molecule has 0 aromatic carbocycles. The molecule has 4 heteroatoms. The number of amides is 1. The van der Waals surface area contributed by atoms with Gasteiger partial charge in [-0.1, -0.05) is 20.3 Å². The van der Waals surface area contributed by atoms with E-state index in [1.165, 1.54) is 0 Å². The van der Waals surface area contributed by atoms with Crippen LogP contribution in [0.15, 0.2) is 0 Å². The molecule has 0 aliphatic rings. The topological polar surface area (TPSA) is 50.4 Å². The van der Waals surface area contributed by atoms with E-state index in [2.05, 4.69) is 24.5 Å². The minimum atomic E-state index is 0.0643. The van der Waals surface area contributed by atoms with Crippen molar-refractivity contribution in [3.05, 3.63) is 0 Å². The molecule has 0 spiro atoms. The van der Waals surface area contributed by atoms with Gasteiger partial charge in [0.15, 0.2) is 0 Å². The highest BCUT2D eigenvalue weighted by Crippen LogP contribution is 1.96. The summed E-state index contributed by atoms with van der Waals surface area (Å²) in [6.07, 6.45) is 2.01. The van der Waals surface area contributed by atoms with Gasteiger partial charge in [-0.25, -0.2) is 0 Å². The van der Waals surface area contributed by atoms with Gasteiger partial charge in [0.2, 0.25) is 5.91 Å². The molecule has 0 heterocycles. The fourth-order valence-corrected chi connectivity index (χ4v) is 1.08. The van der Waals surface area contributed by atoms with E-state index >= 15 is 0 Å². The molecule has 0 saturated heterocycles. The van der Waals surface area contributed by atoms with Gasteiger partial charge in [-0.15, -0.1) is 0 Å². The maximum Gasteiger partial charge on any atom is 0.233 e. The van der Waals surface area contributed by atoms with Gasteiger partial charge in [-0.3, -0.25) is 4.79 Å². The molecule has 0 fully saturated rings. The van der Waals surface area contributed by atoms with E-state index in [-0.39, 0.29) is 5.91 Å². The van der Waals surface area contributed by atoms with E-state index in [4.69, 9.17) is 4.74 Å². The van der Waals surface area contributed by atoms with Crippen molar-refractivity contribution in [3.63, 3.8) is 0 Å². The molecule has 0 bridgehead atoms. The molecule has 0 rings (SSSR count). The van der Waals surface area contributed by atoms with Crippen molar-refractivity contribution in [2.75, 3.05) is 33.4 Å². The quantitative estimate of drug-likeness (QED) is 0.560. The first-order chi connectivity index (χ1) is 7.20. The first-order valence-corrected chi connectivity index (χ1v) is 5.67. The van der Waals surface area contributed by atoms with Crippen molar-refractivity contribution < 1.29 is 9.53 Å². The lowest BCUT2D eigenvalue weighted by Crippen LogP contribution is -2.36. The molecule has 0 aliphatic heterocycles. The summed E-state index contributed by atoms with van der Waals surface area (Å²) in [6.45, 7) is 7.03. The Kier molecular flexibility index (Phi) is 9.52. The zero-order chi connectivity index (χ0) is 11.5. The molecule has 0 aliphatic carbocycles. The van der Waals surface area contributed by atoms with Gasteiger partial charge in [0.1, 0.15) is 0 Å². The second-order valence-corrected chi connectivity index (χ2v) is 3.84. The monoisotopic (exact) mass is 216 g/mol. The summed E-state index contributed by atoms with van der Waals surface area (Å²) in [5, 5.41) is 5.96. The normalized spacial score (nSPS) is 12.5. The van der Waals surface area contributed by atoms with Crippen molar-refractivity contribution in [3.8, 4) is 0 Å². The number of rotatable bonds is 9. The van der Waals surface area contributed by atoms with E-state index in [0.717, 1.165) is 19.4 Å². The summed E-state index contributed by atoms with van der Waals surface area (Å²) in [5.74, 6) is 0.695. The van der Waals surface area contributed by atoms with Crippen LogP contribution >= 0.6 is 0 Å². The zero-order valence-corrected chi connectivity index (χ0v) is 10.1. The minimum absolute atomic E-state index is 0.0643. The summed E-state index contributed by atoms with van der Waals surface area (Å²) in [7, 11) is 1.66. The van der Waals surface area contributed by atoms with Crippen LogP contribution in [0.2, 0.25) is 0 Å². The number of carbonyl (C=O) groups is 1. The molecule has 1 unspecified atom stereocenters. The molecule has 1 atom stereocenters. The van der Waals surface area contributed by atoms with Crippen molar-refractivity contribution in [2.45, 2.75) is 26.7 Å². The first-order valence-electron chi connectivity index (χ1n) is 5.67. The molecule has 4 nitrogen and oxygen atoms in total. The molecule has 1 amide bonds. The molecule has 90 valence electrons. The van der Waals surface area contributed by atoms with Gasteiger partial charge in [0.05, 0.1) is 6.54 Å². The Balaban J connectivity index is 3.26. The van der Waals surface area contributed by atoms with Crippen molar-refractivity contribution in [1.82, 2.24) is 10.6 Å².